The lowest BCUT2D eigenvalue weighted by atomic mass is 10.2. The van der Waals surface area contributed by atoms with E-state index >= 15 is 0 Å². The van der Waals surface area contributed by atoms with E-state index < -0.39 is 0 Å². The number of nitrogens with zero attached hydrogens (tertiary/aromatic N) is 1. The number of amides is 1. The molecule has 1 atom stereocenters. The number of likely N-dealkylation sites (tertiary alicyclic amines) is 1. The minimum Gasteiger partial charge on any atom is -0.395 e. The molecule has 0 spiro atoms. The normalized spacial score (nSPS) is 22.3. The Morgan fingerprint density at radius 1 is 1.60 bits per heavy atom. The van der Waals surface area contributed by atoms with Crippen molar-refractivity contribution in [2.45, 2.75) is 32.7 Å². The van der Waals surface area contributed by atoms with Gasteiger partial charge >= 0.3 is 0 Å². The monoisotopic (exact) mass is 214 g/mol. The standard InChI is InChI=1S/C11H22N2O2/c1-9(2)6-12-11(15)7-13-5-3-4-10(13)8-14/h9-10,14H,3-8H2,1-2H3,(H,12,15). The van der Waals surface area contributed by atoms with Crippen LogP contribution in [0.2, 0.25) is 0 Å². The van der Waals surface area contributed by atoms with E-state index in [1.54, 1.807) is 0 Å². The zero-order valence-electron chi connectivity index (χ0n) is 9.70. The fraction of sp³-hybridized carbons (Fsp3) is 0.909. The van der Waals surface area contributed by atoms with Crippen LogP contribution < -0.4 is 5.32 Å². The molecule has 88 valence electrons. The van der Waals surface area contributed by atoms with Gasteiger partial charge in [-0.3, -0.25) is 9.69 Å². The Morgan fingerprint density at radius 2 is 2.33 bits per heavy atom. The average Bonchev–Trinajstić information content (AvgIpc) is 2.62. The zero-order chi connectivity index (χ0) is 11.3. The summed E-state index contributed by atoms with van der Waals surface area (Å²) in [6, 6.07) is 0.190. The van der Waals surface area contributed by atoms with Crippen molar-refractivity contribution in [2.24, 2.45) is 5.92 Å². The Kier molecular flexibility index (Phi) is 5.05. The van der Waals surface area contributed by atoms with Gasteiger partial charge in [0, 0.05) is 12.6 Å². The fourth-order valence-corrected chi connectivity index (χ4v) is 1.87. The molecule has 1 aliphatic heterocycles. The number of rotatable bonds is 5. The van der Waals surface area contributed by atoms with Crippen LogP contribution in [0.1, 0.15) is 26.7 Å². The van der Waals surface area contributed by atoms with Crippen LogP contribution in [-0.4, -0.2) is 48.2 Å². The van der Waals surface area contributed by atoms with Crippen LogP contribution in [0.25, 0.3) is 0 Å². The van der Waals surface area contributed by atoms with E-state index in [0.29, 0.717) is 12.5 Å². The fourth-order valence-electron chi connectivity index (χ4n) is 1.87. The van der Waals surface area contributed by atoms with Crippen LogP contribution in [0, 0.1) is 5.92 Å². The molecule has 1 amide bonds. The first-order chi connectivity index (χ1) is 7.13. The summed E-state index contributed by atoms with van der Waals surface area (Å²) in [4.78, 5) is 13.6. The smallest absolute Gasteiger partial charge is 0.234 e. The van der Waals surface area contributed by atoms with Crippen LogP contribution in [0.4, 0.5) is 0 Å². The molecule has 0 saturated carbocycles. The van der Waals surface area contributed by atoms with Crippen molar-refractivity contribution in [1.29, 1.82) is 0 Å². The van der Waals surface area contributed by atoms with Gasteiger partial charge in [-0.2, -0.15) is 0 Å². The first kappa shape index (κ1) is 12.5. The highest BCUT2D eigenvalue weighted by Gasteiger charge is 2.25. The number of hydrogen-bond donors (Lipinski definition) is 2. The van der Waals surface area contributed by atoms with E-state index in [1.807, 2.05) is 0 Å². The third-order valence-corrected chi connectivity index (χ3v) is 2.76. The Balaban J connectivity index is 2.24. The summed E-state index contributed by atoms with van der Waals surface area (Å²) in [5.74, 6) is 0.560. The lowest BCUT2D eigenvalue weighted by Crippen LogP contribution is -2.41. The quantitative estimate of drug-likeness (QED) is 0.688. The molecular weight excluding hydrogens is 192 g/mol. The predicted octanol–water partition coefficient (Wildman–Crippen LogP) is 0.215. The second-order valence-electron chi connectivity index (χ2n) is 4.65. The lowest BCUT2D eigenvalue weighted by Gasteiger charge is -2.22. The van der Waals surface area contributed by atoms with Gasteiger partial charge in [0.2, 0.25) is 5.91 Å². The molecule has 0 bridgehead atoms. The molecule has 15 heavy (non-hydrogen) atoms. The number of carbonyl (C=O) groups excluding carboxylic acids is 1. The van der Waals surface area contributed by atoms with E-state index in [1.165, 1.54) is 0 Å². The van der Waals surface area contributed by atoms with Gasteiger partial charge in [0.15, 0.2) is 0 Å². The lowest BCUT2D eigenvalue weighted by molar-refractivity contribution is -0.122. The second kappa shape index (κ2) is 6.08. The summed E-state index contributed by atoms with van der Waals surface area (Å²) in [6.45, 7) is 6.41. The molecule has 0 aromatic rings. The van der Waals surface area contributed by atoms with E-state index in [4.69, 9.17) is 5.11 Å². The van der Waals surface area contributed by atoms with Crippen LogP contribution in [-0.2, 0) is 4.79 Å². The number of hydrogen-bond acceptors (Lipinski definition) is 3. The van der Waals surface area contributed by atoms with Crippen molar-refractivity contribution < 1.29 is 9.90 Å². The third-order valence-electron chi connectivity index (χ3n) is 2.76. The number of aliphatic hydroxyl groups is 1. The molecule has 4 nitrogen and oxygen atoms in total. The van der Waals surface area contributed by atoms with Crippen molar-refractivity contribution >= 4 is 5.91 Å². The SMILES string of the molecule is CC(C)CNC(=O)CN1CCCC1CO. The van der Waals surface area contributed by atoms with Crippen LogP contribution in [0.15, 0.2) is 0 Å². The van der Waals surface area contributed by atoms with Gasteiger partial charge in [0.05, 0.1) is 13.2 Å². The number of carbonyl (C=O) groups is 1. The van der Waals surface area contributed by atoms with E-state index in [2.05, 4.69) is 24.1 Å². The van der Waals surface area contributed by atoms with Gasteiger partial charge in [0.1, 0.15) is 0 Å². The Morgan fingerprint density at radius 3 is 2.93 bits per heavy atom. The third kappa shape index (κ3) is 4.18. The minimum absolute atomic E-state index is 0.0732. The zero-order valence-corrected chi connectivity index (χ0v) is 9.70. The molecule has 1 heterocycles. The molecule has 0 radical (unpaired) electrons. The van der Waals surface area contributed by atoms with E-state index in [9.17, 15) is 4.79 Å². The first-order valence-electron chi connectivity index (χ1n) is 5.75. The number of nitrogens with one attached hydrogen (secondary N) is 1. The van der Waals surface area contributed by atoms with Gasteiger partial charge in [-0.25, -0.2) is 0 Å². The molecule has 1 rings (SSSR count). The van der Waals surface area contributed by atoms with E-state index in [-0.39, 0.29) is 18.6 Å². The summed E-state index contributed by atoms with van der Waals surface area (Å²) in [5, 5.41) is 12.0. The summed E-state index contributed by atoms with van der Waals surface area (Å²) in [5.41, 5.74) is 0. The van der Waals surface area contributed by atoms with Crippen molar-refractivity contribution in [3.8, 4) is 0 Å². The van der Waals surface area contributed by atoms with Crippen LogP contribution >= 0.6 is 0 Å². The highest BCUT2D eigenvalue weighted by atomic mass is 16.3. The molecule has 0 aromatic carbocycles. The number of aliphatic hydroxyl groups excluding tert-OH is 1. The Labute approximate surface area is 91.6 Å². The Hall–Kier alpha value is -0.610. The summed E-state index contributed by atoms with van der Waals surface area (Å²) < 4.78 is 0. The Bertz CT molecular complexity index is 207. The molecule has 0 aliphatic carbocycles. The van der Waals surface area contributed by atoms with Crippen molar-refractivity contribution in [1.82, 2.24) is 10.2 Å². The molecule has 1 aliphatic rings. The maximum atomic E-state index is 11.5. The van der Waals surface area contributed by atoms with Gasteiger partial charge in [-0.05, 0) is 25.3 Å². The van der Waals surface area contributed by atoms with Crippen molar-refractivity contribution in [2.75, 3.05) is 26.2 Å². The molecular formula is C11H22N2O2. The summed E-state index contributed by atoms with van der Waals surface area (Å²) >= 11 is 0. The summed E-state index contributed by atoms with van der Waals surface area (Å²) in [7, 11) is 0. The minimum atomic E-state index is 0.0732. The highest BCUT2D eigenvalue weighted by Crippen LogP contribution is 2.15. The molecule has 1 fully saturated rings. The first-order valence-corrected chi connectivity index (χ1v) is 5.75. The van der Waals surface area contributed by atoms with Crippen molar-refractivity contribution in [3.05, 3.63) is 0 Å². The summed E-state index contributed by atoms with van der Waals surface area (Å²) in [6.07, 6.45) is 2.09. The molecule has 1 saturated heterocycles. The molecule has 4 heteroatoms. The van der Waals surface area contributed by atoms with E-state index in [0.717, 1.165) is 25.9 Å². The maximum absolute atomic E-state index is 11.5. The average molecular weight is 214 g/mol. The van der Waals surface area contributed by atoms with Gasteiger partial charge in [-0.15, -0.1) is 0 Å². The van der Waals surface area contributed by atoms with Crippen LogP contribution in [0.5, 0.6) is 0 Å². The van der Waals surface area contributed by atoms with Crippen LogP contribution in [0.3, 0.4) is 0 Å². The predicted molar refractivity (Wildman–Crippen MR) is 59.5 cm³/mol. The van der Waals surface area contributed by atoms with Gasteiger partial charge < -0.3 is 10.4 Å². The molecule has 0 aromatic heterocycles. The van der Waals surface area contributed by atoms with Gasteiger partial charge in [0.25, 0.3) is 0 Å². The van der Waals surface area contributed by atoms with Crippen molar-refractivity contribution in [3.63, 3.8) is 0 Å². The molecule has 2 N–H and O–H groups in total. The second-order valence-corrected chi connectivity index (χ2v) is 4.65. The molecule has 1 unspecified atom stereocenters. The van der Waals surface area contributed by atoms with Gasteiger partial charge in [-0.1, -0.05) is 13.8 Å². The highest BCUT2D eigenvalue weighted by molar-refractivity contribution is 5.78. The largest absolute Gasteiger partial charge is 0.395 e. The topological polar surface area (TPSA) is 52.6 Å². The maximum Gasteiger partial charge on any atom is 0.234 e.